The number of ether oxygens (including phenoxy) is 1. The molecule has 2 atom stereocenters. The van der Waals surface area contributed by atoms with Gasteiger partial charge in [0.15, 0.2) is 8.32 Å². The largest absolute Gasteiger partial charge is 0.465 e. The van der Waals surface area contributed by atoms with E-state index < -0.39 is 26.4 Å². The highest BCUT2D eigenvalue weighted by molar-refractivity contribution is 6.74. The van der Waals surface area contributed by atoms with Crippen LogP contribution in [0.15, 0.2) is 0 Å². The minimum Gasteiger partial charge on any atom is -0.465 e. The highest BCUT2D eigenvalue weighted by atomic mass is 28.4. The number of nitrogens with zero attached hydrogens (tertiary/aromatic N) is 1. The molecule has 0 unspecified atom stereocenters. The van der Waals surface area contributed by atoms with Gasteiger partial charge >= 0.3 is 12.1 Å². The first-order chi connectivity index (χ1) is 10.6. The van der Waals surface area contributed by atoms with Gasteiger partial charge in [0.25, 0.3) is 0 Å². The average Bonchev–Trinajstić information content (AvgIpc) is 2.77. The van der Waals surface area contributed by atoms with E-state index in [9.17, 15) is 14.7 Å². The van der Waals surface area contributed by atoms with Crippen molar-refractivity contribution in [3.63, 3.8) is 0 Å². The van der Waals surface area contributed by atoms with Crippen LogP contribution in [0.25, 0.3) is 0 Å². The molecule has 1 aliphatic heterocycles. The minimum atomic E-state index is -2.02. The second kappa shape index (κ2) is 7.04. The molecular formula is C17H33NO5Si. The van der Waals surface area contributed by atoms with Gasteiger partial charge in [-0.2, -0.15) is 0 Å². The summed E-state index contributed by atoms with van der Waals surface area (Å²) in [5, 5.41) is 9.44. The van der Waals surface area contributed by atoms with E-state index in [-0.39, 0.29) is 29.7 Å². The molecule has 1 saturated heterocycles. The Morgan fingerprint density at radius 3 is 2.12 bits per heavy atom. The molecule has 7 heteroatoms. The van der Waals surface area contributed by atoms with Gasteiger partial charge < -0.3 is 14.3 Å². The lowest BCUT2D eigenvalue weighted by molar-refractivity contribution is -0.151. The maximum atomic E-state index is 12.3. The fourth-order valence-corrected chi connectivity index (χ4v) is 3.65. The van der Waals surface area contributed by atoms with Crippen LogP contribution in [0.3, 0.4) is 0 Å². The third kappa shape index (κ3) is 5.48. The average molecular weight is 360 g/mol. The molecule has 1 heterocycles. The number of carboxylic acid groups (broad SMARTS) is 1. The van der Waals surface area contributed by atoms with E-state index in [1.807, 2.05) is 20.8 Å². The van der Waals surface area contributed by atoms with Crippen molar-refractivity contribution in [1.29, 1.82) is 0 Å². The number of carbonyl (C=O) groups excluding carboxylic acids is 1. The Bertz CT molecular complexity index is 478. The standard InChI is InChI=1S/C17H33NO5Si/c1-16(2,3)11-22-14(19)13-9-12(10-18(13)15(20)21)23-24(7,8)17(4,5)6/h12-13H,9-11H2,1-8H3,(H,20,21)/t12-,13+/m1/s1. The van der Waals surface area contributed by atoms with E-state index in [0.717, 1.165) is 4.90 Å². The lowest BCUT2D eigenvalue weighted by atomic mass is 9.99. The van der Waals surface area contributed by atoms with Crippen molar-refractivity contribution in [2.24, 2.45) is 5.41 Å². The van der Waals surface area contributed by atoms with E-state index in [2.05, 4.69) is 33.9 Å². The summed E-state index contributed by atoms with van der Waals surface area (Å²) in [6.45, 7) is 17.1. The number of amides is 1. The predicted octanol–water partition coefficient (Wildman–Crippen LogP) is 3.72. The first kappa shape index (κ1) is 21.0. The highest BCUT2D eigenvalue weighted by Crippen LogP contribution is 2.39. The number of hydrogen-bond acceptors (Lipinski definition) is 4. The second-order valence-corrected chi connectivity index (χ2v) is 14.1. The van der Waals surface area contributed by atoms with Crippen molar-refractivity contribution >= 4 is 20.4 Å². The number of rotatable bonds is 4. The summed E-state index contributed by atoms with van der Waals surface area (Å²) in [5.74, 6) is -0.478. The Labute approximate surface area is 146 Å². The van der Waals surface area contributed by atoms with E-state index in [1.54, 1.807) is 0 Å². The molecule has 0 aromatic rings. The lowest BCUT2D eigenvalue weighted by Gasteiger charge is -2.38. The van der Waals surface area contributed by atoms with Crippen molar-refractivity contribution in [2.75, 3.05) is 13.2 Å². The summed E-state index contributed by atoms with van der Waals surface area (Å²) >= 11 is 0. The molecule has 0 saturated carbocycles. The highest BCUT2D eigenvalue weighted by Gasteiger charge is 2.46. The summed E-state index contributed by atoms with van der Waals surface area (Å²) in [4.78, 5) is 25.0. The van der Waals surface area contributed by atoms with Crippen LogP contribution in [-0.2, 0) is 14.0 Å². The Kier molecular flexibility index (Phi) is 6.14. The summed E-state index contributed by atoms with van der Waals surface area (Å²) in [7, 11) is -2.02. The second-order valence-electron chi connectivity index (χ2n) is 9.35. The topological polar surface area (TPSA) is 76.1 Å². The van der Waals surface area contributed by atoms with E-state index in [1.165, 1.54) is 0 Å². The first-order valence-electron chi connectivity index (χ1n) is 8.48. The Hall–Kier alpha value is -1.08. The Morgan fingerprint density at radius 2 is 1.71 bits per heavy atom. The summed E-state index contributed by atoms with van der Waals surface area (Å²) < 4.78 is 11.6. The fourth-order valence-electron chi connectivity index (χ4n) is 2.29. The summed E-state index contributed by atoms with van der Waals surface area (Å²) in [5.41, 5.74) is -0.153. The van der Waals surface area contributed by atoms with Crippen LogP contribution in [-0.4, -0.2) is 55.7 Å². The first-order valence-corrected chi connectivity index (χ1v) is 11.4. The van der Waals surface area contributed by atoms with Crippen molar-refractivity contribution in [2.45, 2.75) is 78.2 Å². The molecule has 1 N–H and O–H groups in total. The zero-order chi connectivity index (χ0) is 18.9. The van der Waals surface area contributed by atoms with Crippen LogP contribution < -0.4 is 0 Å². The molecule has 1 rings (SSSR count). The molecule has 1 amide bonds. The minimum absolute atomic E-state index is 0.0336. The summed E-state index contributed by atoms with van der Waals surface area (Å²) in [6, 6.07) is -0.778. The Morgan fingerprint density at radius 1 is 1.17 bits per heavy atom. The number of likely N-dealkylation sites (tertiary alicyclic amines) is 1. The Balaban J connectivity index is 2.80. The van der Waals surface area contributed by atoms with Gasteiger partial charge in [-0.3, -0.25) is 4.90 Å². The van der Waals surface area contributed by atoms with Crippen LogP contribution in [0.5, 0.6) is 0 Å². The van der Waals surface area contributed by atoms with E-state index in [0.29, 0.717) is 6.42 Å². The van der Waals surface area contributed by atoms with Gasteiger partial charge in [-0.1, -0.05) is 41.5 Å². The number of carbonyl (C=O) groups is 2. The molecule has 0 aliphatic carbocycles. The molecular weight excluding hydrogens is 326 g/mol. The number of hydrogen-bond donors (Lipinski definition) is 1. The predicted molar refractivity (Wildman–Crippen MR) is 95.6 cm³/mol. The van der Waals surface area contributed by atoms with Crippen molar-refractivity contribution < 1.29 is 23.9 Å². The zero-order valence-electron chi connectivity index (χ0n) is 16.3. The molecule has 0 spiro atoms. The van der Waals surface area contributed by atoms with Crippen molar-refractivity contribution in [1.82, 2.24) is 4.90 Å². The maximum Gasteiger partial charge on any atom is 0.408 e. The van der Waals surface area contributed by atoms with Crippen LogP contribution in [0.4, 0.5) is 4.79 Å². The molecule has 24 heavy (non-hydrogen) atoms. The quantitative estimate of drug-likeness (QED) is 0.611. The smallest absolute Gasteiger partial charge is 0.408 e. The van der Waals surface area contributed by atoms with Crippen molar-refractivity contribution in [3.8, 4) is 0 Å². The third-order valence-corrected chi connectivity index (χ3v) is 9.23. The number of esters is 1. The third-order valence-electron chi connectivity index (χ3n) is 4.70. The van der Waals surface area contributed by atoms with Crippen molar-refractivity contribution in [3.05, 3.63) is 0 Å². The SMILES string of the molecule is CC(C)(C)COC(=O)[C@@H]1C[C@@H](O[Si](C)(C)C(C)(C)C)CN1C(=O)O. The monoisotopic (exact) mass is 359 g/mol. The molecule has 140 valence electrons. The van der Waals surface area contributed by atoms with Crippen LogP contribution in [0.2, 0.25) is 18.1 Å². The van der Waals surface area contributed by atoms with Crippen LogP contribution in [0.1, 0.15) is 48.0 Å². The maximum absolute atomic E-state index is 12.3. The summed E-state index contributed by atoms with van der Waals surface area (Å²) in [6.07, 6.45) is -0.995. The van der Waals surface area contributed by atoms with Crippen LogP contribution in [0, 0.1) is 5.41 Å². The van der Waals surface area contributed by atoms with Crippen LogP contribution >= 0.6 is 0 Å². The fraction of sp³-hybridized carbons (Fsp3) is 0.882. The molecule has 0 radical (unpaired) electrons. The normalized spacial score (nSPS) is 22.6. The van der Waals surface area contributed by atoms with Gasteiger partial charge in [0.2, 0.25) is 0 Å². The van der Waals surface area contributed by atoms with Gasteiger partial charge in [0.05, 0.1) is 12.7 Å². The van der Waals surface area contributed by atoms with E-state index in [4.69, 9.17) is 9.16 Å². The zero-order valence-corrected chi connectivity index (χ0v) is 17.3. The molecule has 6 nitrogen and oxygen atoms in total. The van der Waals surface area contributed by atoms with Gasteiger partial charge in [0, 0.05) is 13.0 Å². The van der Waals surface area contributed by atoms with Gasteiger partial charge in [-0.25, -0.2) is 9.59 Å². The molecule has 0 aromatic carbocycles. The molecule has 1 fully saturated rings. The molecule has 1 aliphatic rings. The van der Waals surface area contributed by atoms with Gasteiger partial charge in [0.1, 0.15) is 6.04 Å². The van der Waals surface area contributed by atoms with E-state index >= 15 is 0 Å². The molecule has 0 aromatic heterocycles. The lowest BCUT2D eigenvalue weighted by Crippen LogP contribution is -2.44. The van der Waals surface area contributed by atoms with Gasteiger partial charge in [-0.15, -0.1) is 0 Å². The van der Waals surface area contributed by atoms with Gasteiger partial charge in [-0.05, 0) is 23.5 Å². The molecule has 0 bridgehead atoms.